The molecule has 1 heterocycles. The molecule has 1 saturated heterocycles. The summed E-state index contributed by atoms with van der Waals surface area (Å²) in [6, 6.07) is 5.81. The van der Waals surface area contributed by atoms with Crippen LogP contribution in [-0.2, 0) is 4.79 Å². The van der Waals surface area contributed by atoms with Crippen LogP contribution in [0.1, 0.15) is 29.6 Å². The van der Waals surface area contributed by atoms with Gasteiger partial charge in [-0.25, -0.2) is 0 Å². The molecule has 0 spiro atoms. The number of nitrogens with one attached hydrogen (secondary N) is 1. The van der Waals surface area contributed by atoms with Gasteiger partial charge in [0.15, 0.2) is 0 Å². The largest absolute Gasteiger partial charge is 0.508 e. The van der Waals surface area contributed by atoms with Crippen molar-refractivity contribution in [1.82, 2.24) is 10.2 Å². The lowest BCUT2D eigenvalue weighted by atomic mass is 10.00. The van der Waals surface area contributed by atoms with E-state index < -0.39 is 6.04 Å². The van der Waals surface area contributed by atoms with Crippen LogP contribution in [0.25, 0.3) is 0 Å². The summed E-state index contributed by atoms with van der Waals surface area (Å²) in [4.78, 5) is 25.8. The first-order valence-electron chi connectivity index (χ1n) is 6.45. The molecule has 2 rings (SSSR count). The lowest BCUT2D eigenvalue weighted by Crippen LogP contribution is -2.51. The number of carbonyl (C=O) groups is 2. The van der Waals surface area contributed by atoms with Crippen molar-refractivity contribution in [3.8, 4) is 5.75 Å². The zero-order chi connectivity index (χ0) is 13.8. The van der Waals surface area contributed by atoms with Crippen LogP contribution in [0.4, 0.5) is 0 Å². The van der Waals surface area contributed by atoms with Gasteiger partial charge in [-0.1, -0.05) is 6.07 Å². The van der Waals surface area contributed by atoms with Gasteiger partial charge in [-0.3, -0.25) is 9.59 Å². The number of hydrogen-bond donors (Lipinski definition) is 2. The number of carbonyl (C=O) groups excluding carboxylic acids is 2. The van der Waals surface area contributed by atoms with Crippen molar-refractivity contribution in [2.45, 2.75) is 25.3 Å². The van der Waals surface area contributed by atoms with Gasteiger partial charge < -0.3 is 15.3 Å². The molecule has 0 aromatic heterocycles. The van der Waals surface area contributed by atoms with Crippen LogP contribution in [0.5, 0.6) is 5.75 Å². The van der Waals surface area contributed by atoms with Gasteiger partial charge in [0.05, 0.1) is 0 Å². The summed E-state index contributed by atoms with van der Waals surface area (Å²) in [5, 5.41) is 12.0. The molecule has 2 N–H and O–H groups in total. The normalized spacial score (nSPS) is 19.0. The molecule has 1 aromatic rings. The van der Waals surface area contributed by atoms with Gasteiger partial charge >= 0.3 is 0 Å². The fraction of sp³-hybridized carbons (Fsp3) is 0.429. The van der Waals surface area contributed by atoms with Crippen LogP contribution >= 0.6 is 0 Å². The zero-order valence-corrected chi connectivity index (χ0v) is 10.9. The van der Waals surface area contributed by atoms with Crippen LogP contribution in [-0.4, -0.2) is 41.5 Å². The van der Waals surface area contributed by atoms with Crippen molar-refractivity contribution in [2.75, 3.05) is 13.6 Å². The molecule has 1 fully saturated rings. The number of likely N-dealkylation sites (tertiary alicyclic amines) is 1. The molecule has 0 aliphatic carbocycles. The fourth-order valence-electron chi connectivity index (χ4n) is 2.42. The van der Waals surface area contributed by atoms with Crippen molar-refractivity contribution in [2.24, 2.45) is 0 Å². The van der Waals surface area contributed by atoms with Crippen LogP contribution in [0.2, 0.25) is 0 Å². The molecular formula is C14H18N2O3. The molecule has 1 atom stereocenters. The fourth-order valence-corrected chi connectivity index (χ4v) is 2.42. The van der Waals surface area contributed by atoms with Crippen LogP contribution in [0.15, 0.2) is 24.3 Å². The maximum absolute atomic E-state index is 12.4. The van der Waals surface area contributed by atoms with Gasteiger partial charge in [-0.15, -0.1) is 0 Å². The average molecular weight is 262 g/mol. The van der Waals surface area contributed by atoms with Crippen molar-refractivity contribution in [1.29, 1.82) is 0 Å². The lowest BCUT2D eigenvalue weighted by Gasteiger charge is -2.34. The quantitative estimate of drug-likeness (QED) is 0.839. The van der Waals surface area contributed by atoms with Crippen LogP contribution < -0.4 is 5.32 Å². The summed E-state index contributed by atoms with van der Waals surface area (Å²) in [5.74, 6) is -0.281. The van der Waals surface area contributed by atoms with E-state index in [0.29, 0.717) is 18.5 Å². The Labute approximate surface area is 112 Å². The number of phenols is 1. The number of phenolic OH excluding ortho intramolecular Hbond substituents is 1. The number of likely N-dealkylation sites (N-methyl/N-ethyl adjacent to an activating group) is 1. The molecular weight excluding hydrogens is 244 g/mol. The monoisotopic (exact) mass is 262 g/mol. The Morgan fingerprint density at radius 3 is 2.84 bits per heavy atom. The molecule has 19 heavy (non-hydrogen) atoms. The second-order valence-electron chi connectivity index (χ2n) is 4.67. The van der Waals surface area contributed by atoms with Gasteiger partial charge in [-0.2, -0.15) is 0 Å². The summed E-state index contributed by atoms with van der Waals surface area (Å²) < 4.78 is 0. The molecule has 2 amide bonds. The van der Waals surface area contributed by atoms with Crippen LogP contribution in [0.3, 0.4) is 0 Å². The number of benzene rings is 1. The molecule has 0 radical (unpaired) electrons. The third kappa shape index (κ3) is 2.86. The Kier molecular flexibility index (Phi) is 4.04. The first-order chi connectivity index (χ1) is 9.13. The Hall–Kier alpha value is -2.04. The number of nitrogens with zero attached hydrogens (tertiary/aromatic N) is 1. The highest BCUT2D eigenvalue weighted by molar-refractivity contribution is 5.97. The van der Waals surface area contributed by atoms with E-state index in [1.54, 1.807) is 24.1 Å². The predicted octanol–water partition coefficient (Wildman–Crippen LogP) is 1.13. The van der Waals surface area contributed by atoms with E-state index in [2.05, 4.69) is 5.32 Å². The number of aromatic hydroxyl groups is 1. The SMILES string of the molecule is CNC(=O)C1CCCCN1C(=O)c1cccc(O)c1. The summed E-state index contributed by atoms with van der Waals surface area (Å²) in [5.41, 5.74) is 0.413. The van der Waals surface area contributed by atoms with Gasteiger partial charge in [-0.05, 0) is 37.5 Å². The minimum atomic E-state index is -0.409. The zero-order valence-electron chi connectivity index (χ0n) is 10.9. The average Bonchev–Trinajstić information content (AvgIpc) is 2.45. The Morgan fingerprint density at radius 2 is 2.16 bits per heavy atom. The second kappa shape index (κ2) is 5.73. The molecule has 5 heteroatoms. The third-order valence-corrected chi connectivity index (χ3v) is 3.41. The molecule has 1 aliphatic rings. The Balaban J connectivity index is 2.22. The van der Waals surface area contributed by atoms with Gasteiger partial charge in [0.1, 0.15) is 11.8 Å². The molecule has 102 valence electrons. The lowest BCUT2D eigenvalue weighted by molar-refractivity contribution is -0.126. The van der Waals surface area contributed by atoms with Gasteiger partial charge in [0.25, 0.3) is 5.91 Å². The van der Waals surface area contributed by atoms with Gasteiger partial charge in [0, 0.05) is 19.2 Å². The highest BCUT2D eigenvalue weighted by Gasteiger charge is 2.31. The highest BCUT2D eigenvalue weighted by atomic mass is 16.3. The topological polar surface area (TPSA) is 69.6 Å². The Bertz CT molecular complexity index is 487. The predicted molar refractivity (Wildman–Crippen MR) is 70.8 cm³/mol. The number of rotatable bonds is 2. The second-order valence-corrected chi connectivity index (χ2v) is 4.67. The van der Waals surface area contributed by atoms with E-state index in [1.165, 1.54) is 12.1 Å². The molecule has 5 nitrogen and oxygen atoms in total. The summed E-state index contributed by atoms with van der Waals surface area (Å²) in [6.07, 6.45) is 2.53. The molecule has 0 saturated carbocycles. The van der Waals surface area contributed by atoms with Gasteiger partial charge in [0.2, 0.25) is 5.91 Å². The summed E-state index contributed by atoms with van der Waals surface area (Å²) in [6.45, 7) is 0.576. The molecule has 1 aliphatic heterocycles. The standard InChI is InChI=1S/C14H18N2O3/c1-15-13(18)12-7-2-3-8-16(12)14(19)10-5-4-6-11(17)9-10/h4-6,9,12,17H,2-3,7-8H2,1H3,(H,15,18). The van der Waals surface area contributed by atoms with Crippen molar-refractivity contribution < 1.29 is 14.7 Å². The Morgan fingerprint density at radius 1 is 1.37 bits per heavy atom. The van der Waals surface area contributed by atoms with E-state index in [0.717, 1.165) is 12.8 Å². The summed E-state index contributed by atoms with van der Waals surface area (Å²) in [7, 11) is 1.58. The van der Waals surface area contributed by atoms with Crippen molar-refractivity contribution >= 4 is 11.8 Å². The third-order valence-electron chi connectivity index (χ3n) is 3.41. The maximum Gasteiger partial charge on any atom is 0.254 e. The summed E-state index contributed by atoms with van der Waals surface area (Å²) >= 11 is 0. The molecule has 1 aromatic carbocycles. The number of amides is 2. The van der Waals surface area contributed by atoms with Crippen molar-refractivity contribution in [3.05, 3.63) is 29.8 Å². The minimum Gasteiger partial charge on any atom is -0.508 e. The molecule has 1 unspecified atom stereocenters. The van der Waals surface area contributed by atoms with Crippen molar-refractivity contribution in [3.63, 3.8) is 0 Å². The first-order valence-corrected chi connectivity index (χ1v) is 6.45. The van der Waals surface area contributed by atoms with E-state index >= 15 is 0 Å². The minimum absolute atomic E-state index is 0.0550. The van der Waals surface area contributed by atoms with E-state index in [1.807, 2.05) is 0 Å². The number of piperidine rings is 1. The molecule has 0 bridgehead atoms. The smallest absolute Gasteiger partial charge is 0.254 e. The van der Waals surface area contributed by atoms with E-state index in [-0.39, 0.29) is 17.6 Å². The number of hydrogen-bond acceptors (Lipinski definition) is 3. The van der Waals surface area contributed by atoms with E-state index in [4.69, 9.17) is 0 Å². The maximum atomic E-state index is 12.4. The highest BCUT2D eigenvalue weighted by Crippen LogP contribution is 2.21. The van der Waals surface area contributed by atoms with E-state index in [9.17, 15) is 14.7 Å². The first kappa shape index (κ1) is 13.4. The van der Waals surface area contributed by atoms with Crippen LogP contribution in [0, 0.1) is 0 Å².